The highest BCUT2D eigenvalue weighted by Gasteiger charge is 2.30. The molecule has 1 aliphatic heterocycles. The summed E-state index contributed by atoms with van der Waals surface area (Å²) < 4.78 is 0. The van der Waals surface area contributed by atoms with Crippen molar-refractivity contribution < 1.29 is 0 Å². The van der Waals surface area contributed by atoms with Crippen LogP contribution in [0.3, 0.4) is 0 Å². The van der Waals surface area contributed by atoms with Crippen molar-refractivity contribution in [2.75, 3.05) is 0 Å². The molecule has 1 aliphatic carbocycles. The third kappa shape index (κ3) is 1.60. The summed E-state index contributed by atoms with van der Waals surface area (Å²) in [5.41, 5.74) is 7.55. The highest BCUT2D eigenvalue weighted by molar-refractivity contribution is 5.90. The summed E-state index contributed by atoms with van der Waals surface area (Å²) in [5.74, 6) is 0.474. The predicted molar refractivity (Wildman–Crippen MR) is 57.9 cm³/mol. The molecule has 0 saturated heterocycles. The fourth-order valence-corrected chi connectivity index (χ4v) is 2.30. The first-order valence-corrected chi connectivity index (χ1v) is 5.14. The maximum absolute atomic E-state index is 8.10. The van der Waals surface area contributed by atoms with Gasteiger partial charge in [0.25, 0.3) is 0 Å². The van der Waals surface area contributed by atoms with Gasteiger partial charge in [-0.15, -0.1) is 0 Å². The van der Waals surface area contributed by atoms with Gasteiger partial charge in [0.2, 0.25) is 0 Å². The summed E-state index contributed by atoms with van der Waals surface area (Å²) in [6.45, 7) is 3.90. The van der Waals surface area contributed by atoms with Crippen LogP contribution < -0.4 is 11.1 Å². The molecule has 0 aromatic carbocycles. The molecule has 0 radical (unpaired) electrons. The second-order valence-electron chi connectivity index (χ2n) is 4.23. The van der Waals surface area contributed by atoms with E-state index in [2.05, 4.69) is 11.9 Å². The van der Waals surface area contributed by atoms with Gasteiger partial charge in [0, 0.05) is 17.5 Å². The van der Waals surface area contributed by atoms with Crippen molar-refractivity contribution in [1.82, 2.24) is 5.32 Å². The third-order valence-corrected chi connectivity index (χ3v) is 3.18. The minimum absolute atomic E-state index is 0.102. The summed E-state index contributed by atoms with van der Waals surface area (Å²) in [4.78, 5) is 0. The van der Waals surface area contributed by atoms with E-state index in [-0.39, 0.29) is 5.92 Å². The monoisotopic (exact) mass is 191 g/mol. The van der Waals surface area contributed by atoms with Crippen LogP contribution in [0.15, 0.2) is 24.6 Å². The smallest absolute Gasteiger partial charge is 0.0561 e. The van der Waals surface area contributed by atoms with Gasteiger partial charge in [-0.05, 0) is 31.4 Å². The summed E-state index contributed by atoms with van der Waals surface area (Å²) >= 11 is 0. The molecule has 2 aliphatic rings. The van der Waals surface area contributed by atoms with Crippen molar-refractivity contribution in [1.29, 1.82) is 5.41 Å². The minimum Gasteiger partial charge on any atom is -0.365 e. The van der Waals surface area contributed by atoms with Crippen LogP contribution in [0.1, 0.15) is 19.3 Å². The Kier molecular flexibility index (Phi) is 2.42. The van der Waals surface area contributed by atoms with Crippen molar-refractivity contribution >= 4 is 5.71 Å². The van der Waals surface area contributed by atoms with Gasteiger partial charge in [-0.1, -0.05) is 12.7 Å². The maximum atomic E-state index is 8.10. The number of hydrogen-bond donors (Lipinski definition) is 3. The van der Waals surface area contributed by atoms with Crippen LogP contribution in [0.5, 0.6) is 0 Å². The van der Waals surface area contributed by atoms with Crippen LogP contribution in [0.2, 0.25) is 0 Å². The van der Waals surface area contributed by atoms with E-state index >= 15 is 0 Å². The first-order chi connectivity index (χ1) is 6.68. The topological polar surface area (TPSA) is 61.9 Å². The van der Waals surface area contributed by atoms with Gasteiger partial charge in [-0.2, -0.15) is 0 Å². The fraction of sp³-hybridized carbons (Fsp3) is 0.545. The molecule has 14 heavy (non-hydrogen) atoms. The Balaban J connectivity index is 2.01. The van der Waals surface area contributed by atoms with Crippen LogP contribution in [0.25, 0.3) is 0 Å². The van der Waals surface area contributed by atoms with Gasteiger partial charge in [0.15, 0.2) is 0 Å². The Labute approximate surface area is 84.6 Å². The van der Waals surface area contributed by atoms with Crippen LogP contribution in [0, 0.1) is 17.2 Å². The zero-order valence-electron chi connectivity index (χ0n) is 8.29. The lowest BCUT2D eigenvalue weighted by Gasteiger charge is -2.17. The van der Waals surface area contributed by atoms with Gasteiger partial charge >= 0.3 is 0 Å². The van der Waals surface area contributed by atoms with Crippen LogP contribution in [-0.2, 0) is 0 Å². The van der Waals surface area contributed by atoms with Crippen LogP contribution in [-0.4, -0.2) is 11.8 Å². The Morgan fingerprint density at radius 1 is 1.57 bits per heavy atom. The van der Waals surface area contributed by atoms with E-state index in [4.69, 9.17) is 11.1 Å². The van der Waals surface area contributed by atoms with E-state index in [9.17, 15) is 0 Å². The SMILES string of the molecule is C=C1NC=CC1C(=N)C1CCC(N)C1. The molecule has 3 heteroatoms. The molecule has 0 bridgehead atoms. The standard InChI is InChI=1S/C11H17N3/c1-7-10(4-5-14-7)11(13)8-2-3-9(12)6-8/h4-5,8-10,13-14H,1-3,6,12H2. The van der Waals surface area contributed by atoms with Gasteiger partial charge in [-0.3, -0.25) is 0 Å². The molecule has 3 atom stereocenters. The number of nitrogens with one attached hydrogen (secondary N) is 2. The van der Waals surface area contributed by atoms with E-state index in [1.165, 1.54) is 0 Å². The summed E-state index contributed by atoms with van der Waals surface area (Å²) in [5, 5.41) is 11.1. The molecule has 0 amide bonds. The molecule has 0 spiro atoms. The molecule has 0 aromatic heterocycles. The molecule has 0 aromatic rings. The average Bonchev–Trinajstić information content (AvgIpc) is 2.73. The molecular formula is C11H17N3. The van der Waals surface area contributed by atoms with Gasteiger partial charge in [-0.25, -0.2) is 0 Å². The molecule has 4 N–H and O–H groups in total. The zero-order chi connectivity index (χ0) is 10.1. The van der Waals surface area contributed by atoms with E-state index in [0.717, 1.165) is 30.7 Å². The largest absolute Gasteiger partial charge is 0.365 e. The Morgan fingerprint density at radius 3 is 2.86 bits per heavy atom. The van der Waals surface area contributed by atoms with Gasteiger partial charge in [0.05, 0.1) is 5.92 Å². The Hall–Kier alpha value is -1.09. The normalized spacial score (nSPS) is 36.1. The first kappa shape index (κ1) is 9.46. The summed E-state index contributed by atoms with van der Waals surface area (Å²) in [6.07, 6.45) is 6.97. The Bertz CT molecular complexity index is 293. The molecule has 1 heterocycles. The molecule has 1 saturated carbocycles. The average molecular weight is 191 g/mol. The van der Waals surface area contributed by atoms with Crippen LogP contribution in [0.4, 0.5) is 0 Å². The number of hydrogen-bond acceptors (Lipinski definition) is 3. The van der Waals surface area contributed by atoms with Crippen molar-refractivity contribution in [2.24, 2.45) is 17.6 Å². The van der Waals surface area contributed by atoms with Crippen molar-refractivity contribution in [3.8, 4) is 0 Å². The highest BCUT2D eigenvalue weighted by Crippen LogP contribution is 2.30. The van der Waals surface area contributed by atoms with Crippen molar-refractivity contribution in [3.63, 3.8) is 0 Å². The van der Waals surface area contributed by atoms with E-state index in [1.807, 2.05) is 12.3 Å². The first-order valence-electron chi connectivity index (χ1n) is 5.14. The molecule has 2 rings (SSSR count). The van der Waals surface area contributed by atoms with Gasteiger partial charge < -0.3 is 16.5 Å². The quantitative estimate of drug-likeness (QED) is 0.577. The maximum Gasteiger partial charge on any atom is 0.0561 e. The zero-order valence-corrected chi connectivity index (χ0v) is 8.29. The van der Waals surface area contributed by atoms with Crippen molar-refractivity contribution in [3.05, 3.63) is 24.6 Å². The minimum atomic E-state index is 0.102. The Morgan fingerprint density at radius 2 is 2.36 bits per heavy atom. The molecule has 76 valence electrons. The third-order valence-electron chi connectivity index (χ3n) is 3.18. The second-order valence-corrected chi connectivity index (χ2v) is 4.23. The highest BCUT2D eigenvalue weighted by atomic mass is 14.9. The molecule has 3 nitrogen and oxygen atoms in total. The number of allylic oxidation sites excluding steroid dienone is 1. The molecular weight excluding hydrogens is 174 g/mol. The van der Waals surface area contributed by atoms with Crippen molar-refractivity contribution in [2.45, 2.75) is 25.3 Å². The number of rotatable bonds is 2. The number of nitrogens with two attached hydrogens (primary N) is 1. The summed E-state index contributed by atoms with van der Waals surface area (Å²) in [7, 11) is 0. The lowest BCUT2D eigenvalue weighted by molar-refractivity contribution is 0.658. The molecule has 3 unspecified atom stereocenters. The summed E-state index contributed by atoms with van der Waals surface area (Å²) in [6, 6.07) is 0.298. The van der Waals surface area contributed by atoms with Crippen LogP contribution >= 0.6 is 0 Å². The lowest BCUT2D eigenvalue weighted by atomic mass is 9.90. The van der Waals surface area contributed by atoms with E-state index < -0.39 is 0 Å². The van der Waals surface area contributed by atoms with E-state index in [0.29, 0.717) is 12.0 Å². The predicted octanol–water partition coefficient (Wildman–Crippen LogP) is 1.38. The van der Waals surface area contributed by atoms with E-state index in [1.54, 1.807) is 0 Å². The molecule has 1 fully saturated rings. The van der Waals surface area contributed by atoms with Gasteiger partial charge in [0.1, 0.15) is 0 Å². The lowest BCUT2D eigenvalue weighted by Crippen LogP contribution is -2.23. The fourth-order valence-electron chi connectivity index (χ4n) is 2.30. The second kappa shape index (κ2) is 3.58.